The van der Waals surface area contributed by atoms with E-state index in [1.807, 2.05) is 18.2 Å². The van der Waals surface area contributed by atoms with Crippen molar-refractivity contribution in [1.29, 1.82) is 0 Å². The van der Waals surface area contributed by atoms with Crippen LogP contribution in [0.1, 0.15) is 23.1 Å². The number of hydrogen-bond acceptors (Lipinski definition) is 2. The second kappa shape index (κ2) is 6.63. The van der Waals surface area contributed by atoms with Crippen LogP contribution in [0.5, 0.6) is 5.75 Å². The maximum Gasteiger partial charge on any atom is 0.131 e. The van der Waals surface area contributed by atoms with Gasteiger partial charge in [-0.25, -0.2) is 0 Å². The molecule has 3 N–H and O–H groups in total. The van der Waals surface area contributed by atoms with Gasteiger partial charge in [-0.3, -0.25) is 0 Å². The van der Waals surface area contributed by atoms with Gasteiger partial charge in [-0.2, -0.15) is 0 Å². The van der Waals surface area contributed by atoms with E-state index >= 15 is 0 Å². The van der Waals surface area contributed by atoms with Crippen molar-refractivity contribution in [1.82, 2.24) is 0 Å². The molecule has 0 bridgehead atoms. The normalized spacial score (nSPS) is 9.74. The molecular formula is C17H17NO. The van der Waals surface area contributed by atoms with Gasteiger partial charge in [0.05, 0.1) is 5.56 Å². The summed E-state index contributed by atoms with van der Waals surface area (Å²) < 4.78 is 0. The van der Waals surface area contributed by atoms with Gasteiger partial charge in [0.15, 0.2) is 0 Å². The second-order valence-corrected chi connectivity index (χ2v) is 4.36. The number of hydrogen-bond donors (Lipinski definition) is 2. The van der Waals surface area contributed by atoms with Gasteiger partial charge in [0.2, 0.25) is 0 Å². The van der Waals surface area contributed by atoms with Crippen molar-refractivity contribution in [3.05, 3.63) is 65.2 Å². The Labute approximate surface area is 113 Å². The molecule has 0 heterocycles. The number of aryl methyl sites for hydroxylation is 1. The molecule has 0 spiro atoms. The molecule has 0 saturated carbocycles. The van der Waals surface area contributed by atoms with Crippen LogP contribution < -0.4 is 5.73 Å². The number of nitrogens with two attached hydrogens (primary N) is 1. The predicted octanol–water partition coefficient (Wildman–Crippen LogP) is 2.68. The first kappa shape index (κ1) is 13.2. The second-order valence-electron chi connectivity index (χ2n) is 4.36. The lowest BCUT2D eigenvalue weighted by molar-refractivity contribution is 0.473. The number of rotatable bonds is 3. The van der Waals surface area contributed by atoms with Crippen LogP contribution in [0.2, 0.25) is 0 Å². The Bertz CT molecular complexity index is 608. The molecule has 96 valence electrons. The van der Waals surface area contributed by atoms with E-state index in [-0.39, 0.29) is 5.75 Å². The van der Waals surface area contributed by atoms with E-state index in [9.17, 15) is 5.11 Å². The standard InChI is InChI=1S/C17H17NO/c18-12-4-7-14-5-3-6-15(13-14)10-11-16-8-1-2-9-17(16)19/h1-3,5-6,8-9,13,19H,4,7,12,18H2. The Morgan fingerprint density at radius 3 is 2.63 bits per heavy atom. The largest absolute Gasteiger partial charge is 0.507 e. The van der Waals surface area contributed by atoms with Gasteiger partial charge in [-0.1, -0.05) is 36.1 Å². The van der Waals surface area contributed by atoms with Crippen LogP contribution in [-0.2, 0) is 6.42 Å². The molecule has 0 saturated heterocycles. The summed E-state index contributed by atoms with van der Waals surface area (Å²) in [5.41, 5.74) is 8.36. The Balaban J connectivity index is 2.18. The highest BCUT2D eigenvalue weighted by Gasteiger charge is 1.95. The summed E-state index contributed by atoms with van der Waals surface area (Å²) in [4.78, 5) is 0. The first-order valence-electron chi connectivity index (χ1n) is 6.38. The SMILES string of the molecule is NCCCc1cccc(C#Cc2ccccc2O)c1. The number of benzene rings is 2. The molecule has 2 nitrogen and oxygen atoms in total. The van der Waals surface area contributed by atoms with Crippen molar-refractivity contribution in [2.24, 2.45) is 5.73 Å². The molecule has 19 heavy (non-hydrogen) atoms. The Morgan fingerprint density at radius 2 is 1.84 bits per heavy atom. The van der Waals surface area contributed by atoms with Crippen LogP contribution in [0.3, 0.4) is 0 Å². The Kier molecular flexibility index (Phi) is 4.60. The van der Waals surface area contributed by atoms with Crippen LogP contribution in [0.4, 0.5) is 0 Å². The highest BCUT2D eigenvalue weighted by atomic mass is 16.3. The third-order valence-corrected chi connectivity index (χ3v) is 2.84. The molecule has 2 aromatic rings. The van der Waals surface area contributed by atoms with Crippen LogP contribution in [0.15, 0.2) is 48.5 Å². The predicted molar refractivity (Wildman–Crippen MR) is 77.9 cm³/mol. The number of phenolic OH excluding ortho intramolecular Hbond substituents is 1. The molecule has 0 aliphatic rings. The topological polar surface area (TPSA) is 46.2 Å². The zero-order chi connectivity index (χ0) is 13.5. The summed E-state index contributed by atoms with van der Waals surface area (Å²) in [6.07, 6.45) is 1.96. The molecule has 0 aromatic heterocycles. The highest BCUT2D eigenvalue weighted by molar-refractivity contribution is 5.49. The molecule has 0 fully saturated rings. The molecule has 0 atom stereocenters. The summed E-state index contributed by atoms with van der Waals surface area (Å²) >= 11 is 0. The minimum atomic E-state index is 0.217. The fraction of sp³-hybridized carbons (Fsp3) is 0.176. The first-order valence-corrected chi connectivity index (χ1v) is 6.38. The zero-order valence-electron chi connectivity index (χ0n) is 10.8. The average molecular weight is 251 g/mol. The molecule has 2 heteroatoms. The minimum Gasteiger partial charge on any atom is -0.507 e. The van der Waals surface area contributed by atoms with Crippen LogP contribution in [0.25, 0.3) is 0 Å². The van der Waals surface area contributed by atoms with Crippen molar-refractivity contribution in [2.75, 3.05) is 6.54 Å². The number of aromatic hydroxyl groups is 1. The van der Waals surface area contributed by atoms with Gasteiger partial charge in [0.25, 0.3) is 0 Å². The summed E-state index contributed by atoms with van der Waals surface area (Å²) in [5.74, 6) is 6.28. The van der Waals surface area contributed by atoms with E-state index < -0.39 is 0 Å². The summed E-state index contributed by atoms with van der Waals surface area (Å²) in [7, 11) is 0. The Morgan fingerprint density at radius 1 is 1.00 bits per heavy atom. The zero-order valence-corrected chi connectivity index (χ0v) is 10.8. The van der Waals surface area contributed by atoms with Gasteiger partial charge in [-0.05, 0) is 49.2 Å². The third-order valence-electron chi connectivity index (χ3n) is 2.84. The molecule has 0 aliphatic carbocycles. The molecule has 0 aliphatic heterocycles. The van der Waals surface area contributed by atoms with Crippen molar-refractivity contribution in [3.8, 4) is 17.6 Å². The molecule has 2 aromatic carbocycles. The fourth-order valence-corrected chi connectivity index (χ4v) is 1.83. The van der Waals surface area contributed by atoms with E-state index in [2.05, 4.69) is 24.0 Å². The molecule has 0 radical (unpaired) electrons. The van der Waals surface area contributed by atoms with Crippen molar-refractivity contribution < 1.29 is 5.11 Å². The molecular weight excluding hydrogens is 234 g/mol. The summed E-state index contributed by atoms with van der Waals surface area (Å²) in [5, 5.41) is 9.64. The average Bonchev–Trinajstić information content (AvgIpc) is 2.45. The fourth-order valence-electron chi connectivity index (χ4n) is 1.83. The van der Waals surface area contributed by atoms with E-state index in [0.29, 0.717) is 12.1 Å². The lowest BCUT2D eigenvalue weighted by Gasteiger charge is -2.00. The van der Waals surface area contributed by atoms with Crippen LogP contribution in [-0.4, -0.2) is 11.7 Å². The first-order chi connectivity index (χ1) is 9.29. The summed E-state index contributed by atoms with van der Waals surface area (Å²) in [6.45, 7) is 0.702. The Hall–Kier alpha value is -2.24. The number of phenols is 1. The van der Waals surface area contributed by atoms with E-state index in [1.54, 1.807) is 18.2 Å². The third kappa shape index (κ3) is 3.87. The minimum absolute atomic E-state index is 0.217. The maximum absolute atomic E-state index is 9.64. The van der Waals surface area contributed by atoms with Gasteiger partial charge in [0.1, 0.15) is 5.75 Å². The lowest BCUT2D eigenvalue weighted by Crippen LogP contribution is -2.00. The van der Waals surface area contributed by atoms with Crippen molar-refractivity contribution in [2.45, 2.75) is 12.8 Å². The van der Waals surface area contributed by atoms with Crippen LogP contribution in [0, 0.1) is 11.8 Å². The van der Waals surface area contributed by atoms with E-state index in [0.717, 1.165) is 18.4 Å². The van der Waals surface area contributed by atoms with Crippen molar-refractivity contribution >= 4 is 0 Å². The summed E-state index contributed by atoms with van der Waals surface area (Å²) in [6, 6.07) is 15.2. The highest BCUT2D eigenvalue weighted by Crippen LogP contribution is 2.14. The monoisotopic (exact) mass is 251 g/mol. The number of para-hydroxylation sites is 1. The smallest absolute Gasteiger partial charge is 0.131 e. The maximum atomic E-state index is 9.64. The molecule has 0 unspecified atom stereocenters. The molecule has 0 amide bonds. The van der Waals surface area contributed by atoms with Gasteiger partial charge < -0.3 is 10.8 Å². The quantitative estimate of drug-likeness (QED) is 0.824. The van der Waals surface area contributed by atoms with Gasteiger partial charge >= 0.3 is 0 Å². The van der Waals surface area contributed by atoms with E-state index in [4.69, 9.17) is 5.73 Å². The lowest BCUT2D eigenvalue weighted by atomic mass is 10.1. The van der Waals surface area contributed by atoms with Gasteiger partial charge in [-0.15, -0.1) is 0 Å². The molecule has 2 rings (SSSR count). The van der Waals surface area contributed by atoms with Gasteiger partial charge in [0, 0.05) is 5.56 Å². The van der Waals surface area contributed by atoms with Crippen molar-refractivity contribution in [3.63, 3.8) is 0 Å². The van der Waals surface area contributed by atoms with Crippen LogP contribution >= 0.6 is 0 Å². The van der Waals surface area contributed by atoms with E-state index in [1.165, 1.54) is 5.56 Å².